The van der Waals surface area contributed by atoms with Gasteiger partial charge in [0.25, 0.3) is 0 Å². The minimum absolute atomic E-state index is 0.0619. The number of hydrogen-bond acceptors (Lipinski definition) is 7. The molecular weight excluding hydrogens is 306 g/mol. The molecule has 0 aromatic heterocycles. The Morgan fingerprint density at radius 1 is 1.09 bits per heavy atom. The maximum absolute atomic E-state index is 9.76. The van der Waals surface area contributed by atoms with Crippen LogP contribution in [0.15, 0.2) is 5.11 Å². The second kappa shape index (κ2) is 11.6. The molecule has 1 saturated heterocycles. The number of hydrogen-bond donors (Lipinski definition) is 2. The first-order valence-electron chi connectivity index (χ1n) is 7.84. The van der Waals surface area contributed by atoms with Crippen LogP contribution in [0, 0.1) is 11.8 Å². The first-order valence-corrected chi connectivity index (χ1v) is 7.84. The Bertz CT molecular complexity index is 364. The largest absolute Gasteiger partial charge is 0.394 e. The molecular formula is C14H27N3O6. The Kier molecular flexibility index (Phi) is 10.1. The molecule has 1 aliphatic rings. The molecule has 2 N–H and O–H groups in total. The van der Waals surface area contributed by atoms with E-state index in [4.69, 9.17) is 24.5 Å². The summed E-state index contributed by atoms with van der Waals surface area (Å²) in [6, 6.07) is 0. The molecule has 0 aromatic rings. The number of aliphatic hydroxyl groups is 2. The SMILES string of the molecule is C[C@H]1[C@H](OCCOCCOCCN=[N+]=[N-])[C@@H](CO)OC(O)[C@@H]1C. The van der Waals surface area contributed by atoms with E-state index in [2.05, 4.69) is 10.0 Å². The van der Waals surface area contributed by atoms with Gasteiger partial charge in [-0.3, -0.25) is 0 Å². The molecule has 0 bridgehead atoms. The predicted molar refractivity (Wildman–Crippen MR) is 81.7 cm³/mol. The molecule has 0 spiro atoms. The normalized spacial score (nSPS) is 30.9. The summed E-state index contributed by atoms with van der Waals surface area (Å²) in [5.41, 5.74) is 8.09. The monoisotopic (exact) mass is 333 g/mol. The van der Waals surface area contributed by atoms with Crippen molar-refractivity contribution in [2.75, 3.05) is 46.2 Å². The summed E-state index contributed by atoms with van der Waals surface area (Å²) in [4.78, 5) is 2.62. The summed E-state index contributed by atoms with van der Waals surface area (Å²) < 4.78 is 21.7. The third kappa shape index (κ3) is 7.01. The van der Waals surface area contributed by atoms with Gasteiger partial charge in [-0.05, 0) is 11.4 Å². The first-order chi connectivity index (χ1) is 11.1. The van der Waals surface area contributed by atoms with Crippen molar-refractivity contribution in [3.8, 4) is 0 Å². The highest BCUT2D eigenvalue weighted by atomic mass is 16.6. The minimum atomic E-state index is -0.874. The van der Waals surface area contributed by atoms with E-state index < -0.39 is 12.4 Å². The van der Waals surface area contributed by atoms with Crippen LogP contribution in [0.4, 0.5) is 0 Å². The van der Waals surface area contributed by atoms with Gasteiger partial charge in [0.2, 0.25) is 0 Å². The zero-order chi connectivity index (χ0) is 17.1. The van der Waals surface area contributed by atoms with E-state index in [0.29, 0.717) is 39.6 Å². The van der Waals surface area contributed by atoms with Crippen molar-refractivity contribution in [3.05, 3.63) is 10.4 Å². The molecule has 1 heterocycles. The van der Waals surface area contributed by atoms with E-state index in [-0.39, 0.29) is 24.5 Å². The van der Waals surface area contributed by atoms with Crippen LogP contribution in [0.25, 0.3) is 10.4 Å². The number of azide groups is 1. The van der Waals surface area contributed by atoms with Crippen LogP contribution in [0.1, 0.15) is 13.8 Å². The molecule has 0 aliphatic carbocycles. The zero-order valence-electron chi connectivity index (χ0n) is 13.7. The third-order valence-electron chi connectivity index (χ3n) is 3.97. The van der Waals surface area contributed by atoms with Gasteiger partial charge in [0, 0.05) is 17.4 Å². The lowest BCUT2D eigenvalue weighted by molar-refractivity contribution is -0.260. The molecule has 1 unspecified atom stereocenters. The lowest BCUT2D eigenvalue weighted by Gasteiger charge is -2.42. The van der Waals surface area contributed by atoms with E-state index in [9.17, 15) is 10.2 Å². The Labute approximate surface area is 136 Å². The summed E-state index contributed by atoms with van der Waals surface area (Å²) in [6.07, 6.45) is -1.68. The second-order valence-corrected chi connectivity index (χ2v) is 5.48. The summed E-state index contributed by atoms with van der Waals surface area (Å²) in [5.74, 6) is 0.00751. The van der Waals surface area contributed by atoms with Gasteiger partial charge in [-0.15, -0.1) is 0 Å². The fraction of sp³-hybridized carbons (Fsp3) is 1.00. The first kappa shape index (κ1) is 20.1. The van der Waals surface area contributed by atoms with E-state index >= 15 is 0 Å². The highest BCUT2D eigenvalue weighted by molar-refractivity contribution is 4.85. The van der Waals surface area contributed by atoms with Crippen molar-refractivity contribution in [1.29, 1.82) is 0 Å². The highest BCUT2D eigenvalue weighted by Gasteiger charge is 2.41. The van der Waals surface area contributed by atoms with Crippen molar-refractivity contribution >= 4 is 0 Å². The molecule has 0 saturated carbocycles. The molecule has 1 aliphatic heterocycles. The smallest absolute Gasteiger partial charge is 0.158 e. The van der Waals surface area contributed by atoms with Gasteiger partial charge in [-0.1, -0.05) is 19.0 Å². The Morgan fingerprint density at radius 2 is 1.74 bits per heavy atom. The van der Waals surface area contributed by atoms with E-state index in [1.165, 1.54) is 0 Å². The Morgan fingerprint density at radius 3 is 2.39 bits per heavy atom. The average molecular weight is 333 g/mol. The number of aliphatic hydroxyl groups excluding tert-OH is 2. The quantitative estimate of drug-likeness (QED) is 0.248. The standard InChI is InChI=1S/C14H27N3O6/c1-10-11(2)14(19)23-12(9-18)13(10)22-8-7-21-6-5-20-4-3-16-17-15/h10-14,18-19H,3-9H2,1-2H3/t10-,11-,12-,13+,14?/m1/s1. The fourth-order valence-corrected chi connectivity index (χ4v) is 2.40. The lowest BCUT2D eigenvalue weighted by Crippen LogP contribution is -2.52. The van der Waals surface area contributed by atoms with Crippen molar-refractivity contribution in [2.24, 2.45) is 17.0 Å². The van der Waals surface area contributed by atoms with Crippen LogP contribution < -0.4 is 0 Å². The second-order valence-electron chi connectivity index (χ2n) is 5.48. The van der Waals surface area contributed by atoms with Crippen molar-refractivity contribution in [3.63, 3.8) is 0 Å². The molecule has 0 radical (unpaired) electrons. The van der Waals surface area contributed by atoms with E-state index in [0.717, 1.165) is 0 Å². The molecule has 1 rings (SSSR count). The van der Waals surface area contributed by atoms with Crippen LogP contribution in [0.2, 0.25) is 0 Å². The number of nitrogens with zero attached hydrogens (tertiary/aromatic N) is 3. The van der Waals surface area contributed by atoms with Crippen LogP contribution in [0.5, 0.6) is 0 Å². The summed E-state index contributed by atoms with van der Waals surface area (Å²) >= 11 is 0. The number of ether oxygens (including phenoxy) is 4. The van der Waals surface area contributed by atoms with Gasteiger partial charge < -0.3 is 29.2 Å². The van der Waals surface area contributed by atoms with Crippen molar-refractivity contribution < 1.29 is 29.2 Å². The molecule has 0 aromatic carbocycles. The topological polar surface area (TPSA) is 126 Å². The molecule has 9 nitrogen and oxygen atoms in total. The van der Waals surface area contributed by atoms with Crippen LogP contribution in [0.3, 0.4) is 0 Å². The highest BCUT2D eigenvalue weighted by Crippen LogP contribution is 2.31. The van der Waals surface area contributed by atoms with Crippen LogP contribution >= 0.6 is 0 Å². The molecule has 134 valence electrons. The molecule has 23 heavy (non-hydrogen) atoms. The average Bonchev–Trinajstić information content (AvgIpc) is 2.55. The molecule has 1 fully saturated rings. The summed E-state index contributed by atoms with van der Waals surface area (Å²) in [5, 5.41) is 22.5. The molecule has 5 atom stereocenters. The van der Waals surface area contributed by atoms with E-state index in [1.54, 1.807) is 0 Å². The summed E-state index contributed by atoms with van der Waals surface area (Å²) in [7, 11) is 0. The fourth-order valence-electron chi connectivity index (χ4n) is 2.40. The molecule has 9 heteroatoms. The van der Waals surface area contributed by atoms with Crippen LogP contribution in [-0.2, 0) is 18.9 Å². The van der Waals surface area contributed by atoms with Gasteiger partial charge >= 0.3 is 0 Å². The van der Waals surface area contributed by atoms with Gasteiger partial charge in [-0.25, -0.2) is 0 Å². The maximum Gasteiger partial charge on any atom is 0.158 e. The zero-order valence-corrected chi connectivity index (χ0v) is 13.7. The minimum Gasteiger partial charge on any atom is -0.394 e. The van der Waals surface area contributed by atoms with Gasteiger partial charge in [0.15, 0.2) is 6.29 Å². The van der Waals surface area contributed by atoms with Gasteiger partial charge in [-0.2, -0.15) is 0 Å². The van der Waals surface area contributed by atoms with Crippen molar-refractivity contribution in [2.45, 2.75) is 32.3 Å². The predicted octanol–water partition coefficient (Wildman–Crippen LogP) is 0.697. The molecule has 0 amide bonds. The third-order valence-corrected chi connectivity index (χ3v) is 3.97. The lowest BCUT2D eigenvalue weighted by atomic mass is 9.85. The maximum atomic E-state index is 9.76. The summed E-state index contributed by atoms with van der Waals surface area (Å²) in [6.45, 7) is 5.98. The Balaban J connectivity index is 2.12. The number of rotatable bonds is 11. The van der Waals surface area contributed by atoms with Crippen molar-refractivity contribution in [1.82, 2.24) is 0 Å². The van der Waals surface area contributed by atoms with Crippen LogP contribution in [-0.4, -0.2) is 74.9 Å². The van der Waals surface area contributed by atoms with Gasteiger partial charge in [0.05, 0.1) is 45.7 Å². The van der Waals surface area contributed by atoms with Gasteiger partial charge in [0.1, 0.15) is 6.10 Å². The van der Waals surface area contributed by atoms with E-state index in [1.807, 2.05) is 13.8 Å². The Hall–Kier alpha value is -0.930.